The number of allylic oxidation sites excluding steroid dienone is 4. The zero-order chi connectivity index (χ0) is 17.0. The average Bonchev–Trinajstić information content (AvgIpc) is 2.44. The Morgan fingerprint density at radius 1 is 1.18 bits per heavy atom. The smallest absolute Gasteiger partial charge is 0.412 e. The summed E-state index contributed by atoms with van der Waals surface area (Å²) in [7, 11) is 0. The van der Waals surface area contributed by atoms with E-state index in [0.717, 1.165) is 6.08 Å². The highest BCUT2D eigenvalue weighted by Crippen LogP contribution is 2.32. The number of halogens is 3. The number of rotatable bonds is 5. The lowest BCUT2D eigenvalue weighted by molar-refractivity contribution is -0.144. The second kappa shape index (κ2) is 6.85. The van der Waals surface area contributed by atoms with Gasteiger partial charge in [0.25, 0.3) is 0 Å². The number of carboxylic acid groups (broad SMARTS) is 1. The SMILES string of the molecule is CCC(CC)(NC(=O)NC1=CC=C(C(F)(F)F)CC1)C(=O)O. The lowest BCUT2D eigenvalue weighted by atomic mass is 9.93. The number of carbonyl (C=O) groups is 2. The second-order valence-electron chi connectivity index (χ2n) is 5.06. The van der Waals surface area contributed by atoms with Crippen molar-refractivity contribution in [3.8, 4) is 0 Å². The largest absolute Gasteiger partial charge is 0.480 e. The maximum atomic E-state index is 12.5. The molecule has 0 spiro atoms. The van der Waals surface area contributed by atoms with Crippen LogP contribution in [-0.4, -0.2) is 28.8 Å². The Balaban J connectivity index is 2.73. The summed E-state index contributed by atoms with van der Waals surface area (Å²) in [6.07, 6.45) is -2.05. The van der Waals surface area contributed by atoms with Crippen molar-refractivity contribution in [2.24, 2.45) is 0 Å². The van der Waals surface area contributed by atoms with Gasteiger partial charge in [-0.25, -0.2) is 9.59 Å². The topological polar surface area (TPSA) is 78.4 Å². The minimum atomic E-state index is -4.37. The molecular formula is C14H19F3N2O3. The molecule has 5 nitrogen and oxygen atoms in total. The van der Waals surface area contributed by atoms with E-state index in [4.69, 9.17) is 0 Å². The Bertz CT molecular complexity index is 506. The Morgan fingerprint density at radius 2 is 1.77 bits per heavy atom. The maximum Gasteiger partial charge on any atom is 0.412 e. The van der Waals surface area contributed by atoms with Crippen molar-refractivity contribution in [2.45, 2.75) is 51.2 Å². The van der Waals surface area contributed by atoms with Crippen molar-refractivity contribution < 1.29 is 27.9 Å². The van der Waals surface area contributed by atoms with Gasteiger partial charge in [-0.15, -0.1) is 0 Å². The summed E-state index contributed by atoms with van der Waals surface area (Å²) in [4.78, 5) is 23.1. The third-order valence-corrected chi connectivity index (χ3v) is 3.76. The molecule has 0 aliphatic heterocycles. The molecule has 8 heteroatoms. The van der Waals surface area contributed by atoms with Gasteiger partial charge in [0.15, 0.2) is 0 Å². The first kappa shape index (κ1) is 18.1. The van der Waals surface area contributed by atoms with Crippen LogP contribution < -0.4 is 10.6 Å². The van der Waals surface area contributed by atoms with Crippen LogP contribution in [0.25, 0.3) is 0 Å². The summed E-state index contributed by atoms with van der Waals surface area (Å²) >= 11 is 0. The average molecular weight is 320 g/mol. The first-order valence-corrected chi connectivity index (χ1v) is 6.94. The highest BCUT2D eigenvalue weighted by Gasteiger charge is 2.37. The van der Waals surface area contributed by atoms with E-state index in [-0.39, 0.29) is 25.7 Å². The number of hydrogen-bond acceptors (Lipinski definition) is 2. The van der Waals surface area contributed by atoms with Gasteiger partial charge in [-0.05, 0) is 31.8 Å². The molecule has 0 aromatic heterocycles. The van der Waals surface area contributed by atoms with Gasteiger partial charge in [-0.3, -0.25) is 0 Å². The molecule has 0 saturated carbocycles. The van der Waals surface area contributed by atoms with Crippen LogP contribution in [0.3, 0.4) is 0 Å². The second-order valence-corrected chi connectivity index (χ2v) is 5.06. The molecule has 0 radical (unpaired) electrons. The molecule has 0 saturated heterocycles. The predicted octanol–water partition coefficient (Wildman–Crippen LogP) is 3.10. The lowest BCUT2D eigenvalue weighted by Gasteiger charge is -2.28. The molecule has 0 fully saturated rings. The van der Waals surface area contributed by atoms with Gasteiger partial charge in [0.05, 0.1) is 0 Å². The molecule has 1 aliphatic carbocycles. The number of carboxylic acids is 1. The Kier molecular flexibility index (Phi) is 5.62. The lowest BCUT2D eigenvalue weighted by Crippen LogP contribution is -2.56. The van der Waals surface area contributed by atoms with Gasteiger partial charge in [0, 0.05) is 11.3 Å². The summed E-state index contributed by atoms with van der Waals surface area (Å²) in [6.45, 7) is 3.27. The van der Waals surface area contributed by atoms with E-state index in [1.807, 2.05) is 0 Å². The highest BCUT2D eigenvalue weighted by molar-refractivity contribution is 5.86. The molecule has 3 N–H and O–H groups in total. The molecule has 0 bridgehead atoms. The van der Waals surface area contributed by atoms with Gasteiger partial charge in [-0.2, -0.15) is 13.2 Å². The van der Waals surface area contributed by atoms with Crippen molar-refractivity contribution >= 4 is 12.0 Å². The number of alkyl halides is 3. The third-order valence-electron chi connectivity index (χ3n) is 3.76. The summed E-state index contributed by atoms with van der Waals surface area (Å²) in [5.74, 6) is -1.15. The zero-order valence-corrected chi connectivity index (χ0v) is 12.4. The molecule has 0 aromatic carbocycles. The van der Waals surface area contributed by atoms with Crippen LogP contribution >= 0.6 is 0 Å². The van der Waals surface area contributed by atoms with Crippen molar-refractivity contribution in [3.63, 3.8) is 0 Å². The third kappa shape index (κ3) is 4.25. The molecule has 1 rings (SSSR count). The number of aliphatic carboxylic acids is 1. The molecule has 1 aliphatic rings. The molecule has 124 valence electrons. The molecule has 22 heavy (non-hydrogen) atoms. The Hall–Kier alpha value is -1.99. The number of hydrogen-bond donors (Lipinski definition) is 3. The van der Waals surface area contributed by atoms with Crippen LogP contribution in [0, 0.1) is 0 Å². The van der Waals surface area contributed by atoms with Crippen molar-refractivity contribution in [3.05, 3.63) is 23.4 Å². The fourth-order valence-electron chi connectivity index (χ4n) is 2.15. The maximum absolute atomic E-state index is 12.5. The molecule has 0 heterocycles. The quantitative estimate of drug-likeness (QED) is 0.728. The Labute approximate surface area is 126 Å². The van der Waals surface area contributed by atoms with E-state index in [1.54, 1.807) is 13.8 Å². The number of amides is 2. The number of carbonyl (C=O) groups excluding carboxylic acids is 1. The molecule has 0 unspecified atom stereocenters. The summed E-state index contributed by atoms with van der Waals surface area (Å²) < 4.78 is 37.4. The monoisotopic (exact) mass is 320 g/mol. The summed E-state index contributed by atoms with van der Waals surface area (Å²) in [5.41, 5.74) is -1.72. The normalized spacial score (nSPS) is 15.7. The predicted molar refractivity (Wildman–Crippen MR) is 74.1 cm³/mol. The van der Waals surface area contributed by atoms with Gasteiger partial charge in [-0.1, -0.05) is 19.9 Å². The minimum Gasteiger partial charge on any atom is -0.480 e. The van der Waals surface area contributed by atoms with Gasteiger partial charge >= 0.3 is 18.2 Å². The van der Waals surface area contributed by atoms with Crippen molar-refractivity contribution in [1.82, 2.24) is 10.6 Å². The van der Waals surface area contributed by atoms with Crippen LogP contribution in [0.4, 0.5) is 18.0 Å². The van der Waals surface area contributed by atoms with E-state index in [2.05, 4.69) is 10.6 Å². The van der Waals surface area contributed by atoms with Crippen LogP contribution in [0.5, 0.6) is 0 Å². The number of nitrogens with one attached hydrogen (secondary N) is 2. The highest BCUT2D eigenvalue weighted by atomic mass is 19.4. The summed E-state index contributed by atoms with van der Waals surface area (Å²) in [6, 6.07) is -0.735. The van der Waals surface area contributed by atoms with Gasteiger partial charge in [0.2, 0.25) is 0 Å². The minimum absolute atomic E-state index is 0.0388. The van der Waals surface area contributed by atoms with Crippen LogP contribution in [0.2, 0.25) is 0 Å². The number of urea groups is 1. The van der Waals surface area contributed by atoms with Gasteiger partial charge < -0.3 is 15.7 Å². The van der Waals surface area contributed by atoms with E-state index < -0.39 is 29.3 Å². The van der Waals surface area contributed by atoms with Crippen LogP contribution in [0.15, 0.2) is 23.4 Å². The van der Waals surface area contributed by atoms with E-state index >= 15 is 0 Å². The molecule has 0 atom stereocenters. The fraction of sp³-hybridized carbons (Fsp3) is 0.571. The summed E-state index contributed by atoms with van der Waals surface area (Å²) in [5, 5.41) is 14.0. The van der Waals surface area contributed by atoms with Crippen LogP contribution in [0.1, 0.15) is 39.5 Å². The first-order valence-electron chi connectivity index (χ1n) is 6.94. The Morgan fingerprint density at radius 3 is 2.14 bits per heavy atom. The molecule has 0 aromatic rings. The molecule has 2 amide bonds. The molecular weight excluding hydrogens is 301 g/mol. The first-order chi connectivity index (χ1) is 10.1. The van der Waals surface area contributed by atoms with Crippen LogP contribution in [-0.2, 0) is 4.79 Å². The van der Waals surface area contributed by atoms with Gasteiger partial charge in [0.1, 0.15) is 5.54 Å². The standard InChI is InChI=1S/C14H19F3N2O3/c1-3-13(4-2,11(20)21)19-12(22)18-10-7-5-9(6-8-10)14(15,16)17/h5,7H,3-4,6,8H2,1-2H3,(H,20,21)(H2,18,19,22). The zero-order valence-electron chi connectivity index (χ0n) is 12.4. The van der Waals surface area contributed by atoms with E-state index in [0.29, 0.717) is 5.70 Å². The fourth-order valence-corrected chi connectivity index (χ4v) is 2.15. The van der Waals surface area contributed by atoms with Crippen molar-refractivity contribution in [1.29, 1.82) is 0 Å². The van der Waals surface area contributed by atoms with E-state index in [1.165, 1.54) is 6.08 Å². The van der Waals surface area contributed by atoms with Crippen molar-refractivity contribution in [2.75, 3.05) is 0 Å². The van der Waals surface area contributed by atoms with E-state index in [9.17, 15) is 27.9 Å².